The van der Waals surface area contributed by atoms with E-state index in [4.69, 9.17) is 9.47 Å². The molecule has 0 saturated carbocycles. The minimum Gasteiger partial charge on any atom is -0.492 e. The molecule has 0 aromatic heterocycles. The molecule has 3 aromatic carbocycles. The van der Waals surface area contributed by atoms with E-state index in [0.717, 1.165) is 11.1 Å². The molecule has 0 aliphatic carbocycles. The van der Waals surface area contributed by atoms with Crippen LogP contribution in [0.1, 0.15) is 34.5 Å². The first-order chi connectivity index (χ1) is 17.0. The molecule has 7 nitrogen and oxygen atoms in total. The van der Waals surface area contributed by atoms with Gasteiger partial charge in [0.05, 0.1) is 24.8 Å². The highest BCUT2D eigenvalue weighted by atomic mass is 16.5. The highest BCUT2D eigenvalue weighted by Crippen LogP contribution is 2.24. The fraction of sp³-hybridized carbons (Fsp3) is 0.286. The third-order valence-electron chi connectivity index (χ3n) is 6.02. The van der Waals surface area contributed by atoms with Gasteiger partial charge < -0.3 is 24.8 Å². The third kappa shape index (κ3) is 6.19. The number of ether oxygens (including phenoxy) is 2. The number of aliphatic hydroxyl groups excluding tert-OH is 1. The van der Waals surface area contributed by atoms with Crippen LogP contribution in [0.4, 0.5) is 0 Å². The Morgan fingerprint density at radius 2 is 1.77 bits per heavy atom. The summed E-state index contributed by atoms with van der Waals surface area (Å²) in [5, 5.41) is 12.6. The summed E-state index contributed by atoms with van der Waals surface area (Å²) in [6.07, 6.45) is 0.568. The molecule has 182 valence electrons. The van der Waals surface area contributed by atoms with Crippen LogP contribution < -0.4 is 14.8 Å². The van der Waals surface area contributed by atoms with Gasteiger partial charge in [-0.2, -0.15) is 0 Å². The van der Waals surface area contributed by atoms with E-state index < -0.39 is 6.04 Å². The van der Waals surface area contributed by atoms with Crippen molar-refractivity contribution in [2.75, 3.05) is 26.5 Å². The van der Waals surface area contributed by atoms with Crippen molar-refractivity contribution in [1.82, 2.24) is 10.2 Å². The lowest BCUT2D eigenvalue weighted by Gasteiger charge is -2.28. The maximum atomic E-state index is 12.7. The van der Waals surface area contributed by atoms with Crippen molar-refractivity contribution in [1.29, 1.82) is 0 Å². The second-order valence-electron chi connectivity index (χ2n) is 8.59. The van der Waals surface area contributed by atoms with E-state index in [0.29, 0.717) is 36.6 Å². The maximum Gasteiger partial charge on any atom is 0.260 e. The molecule has 0 bridgehead atoms. The van der Waals surface area contributed by atoms with Crippen molar-refractivity contribution < 1.29 is 24.2 Å². The Labute approximate surface area is 205 Å². The second-order valence-corrected chi connectivity index (χ2v) is 8.59. The smallest absolute Gasteiger partial charge is 0.260 e. The van der Waals surface area contributed by atoms with Crippen LogP contribution in [-0.4, -0.2) is 48.3 Å². The van der Waals surface area contributed by atoms with Crippen molar-refractivity contribution in [2.24, 2.45) is 5.92 Å². The number of amides is 2. The van der Waals surface area contributed by atoms with Crippen molar-refractivity contribution in [2.45, 2.75) is 19.4 Å². The van der Waals surface area contributed by atoms with E-state index in [9.17, 15) is 14.7 Å². The first kappa shape index (κ1) is 24.3. The Kier molecular flexibility index (Phi) is 8.00. The van der Waals surface area contributed by atoms with Crippen LogP contribution in [-0.2, 0) is 11.2 Å². The van der Waals surface area contributed by atoms with Crippen LogP contribution in [0.15, 0.2) is 78.9 Å². The number of nitrogens with one attached hydrogen (secondary N) is 1. The third-order valence-corrected chi connectivity index (χ3v) is 6.02. The average Bonchev–Trinajstić information content (AvgIpc) is 2.90. The monoisotopic (exact) mass is 474 g/mol. The van der Waals surface area contributed by atoms with Gasteiger partial charge in [0.1, 0.15) is 18.1 Å². The minimum atomic E-state index is -0.424. The molecule has 0 fully saturated rings. The quantitative estimate of drug-likeness (QED) is 0.469. The molecule has 2 amide bonds. The number of hydrogen-bond donors (Lipinski definition) is 2. The zero-order chi connectivity index (χ0) is 24.6. The van der Waals surface area contributed by atoms with Gasteiger partial charge in [-0.15, -0.1) is 0 Å². The number of carbonyl (C=O) groups excluding carboxylic acids is 2. The van der Waals surface area contributed by atoms with Gasteiger partial charge in [0, 0.05) is 5.92 Å². The van der Waals surface area contributed by atoms with Crippen LogP contribution in [0.5, 0.6) is 11.5 Å². The Hall–Kier alpha value is -3.84. The van der Waals surface area contributed by atoms with Crippen LogP contribution in [0, 0.1) is 5.92 Å². The fourth-order valence-corrected chi connectivity index (χ4v) is 3.99. The molecule has 4 rings (SSSR count). The first-order valence-corrected chi connectivity index (χ1v) is 11.7. The van der Waals surface area contributed by atoms with Crippen LogP contribution >= 0.6 is 0 Å². The number of nitrogens with zero attached hydrogens (tertiary/aromatic N) is 1. The average molecular weight is 475 g/mol. The van der Waals surface area contributed by atoms with Crippen molar-refractivity contribution in [3.05, 3.63) is 95.6 Å². The predicted octanol–water partition coefficient (Wildman–Crippen LogP) is 3.59. The molecule has 35 heavy (non-hydrogen) atoms. The molecule has 0 saturated heterocycles. The molecule has 3 aromatic rings. The summed E-state index contributed by atoms with van der Waals surface area (Å²) in [5.41, 5.74) is 2.45. The zero-order valence-electron chi connectivity index (χ0n) is 19.7. The normalized spacial score (nSPS) is 14.5. The van der Waals surface area contributed by atoms with Crippen LogP contribution in [0.3, 0.4) is 0 Å². The molecule has 2 unspecified atom stereocenters. The fourth-order valence-electron chi connectivity index (χ4n) is 3.99. The SMILES string of the molecule is CC(Cc1ccc(OCCN2COc3ccccc3C2=O)cc1)C(=O)NC(CO)c1ccccc1. The molecule has 0 spiro atoms. The summed E-state index contributed by atoms with van der Waals surface area (Å²) in [5.74, 6) is 0.880. The van der Waals surface area contributed by atoms with E-state index in [-0.39, 0.29) is 31.1 Å². The van der Waals surface area contributed by atoms with E-state index in [1.54, 1.807) is 17.0 Å². The number of hydrogen-bond acceptors (Lipinski definition) is 5. The van der Waals surface area contributed by atoms with E-state index >= 15 is 0 Å². The molecule has 0 radical (unpaired) electrons. The second kappa shape index (κ2) is 11.5. The summed E-state index contributed by atoms with van der Waals surface area (Å²) in [6, 6.07) is 23.8. The van der Waals surface area contributed by atoms with Gasteiger partial charge in [-0.1, -0.05) is 61.5 Å². The van der Waals surface area contributed by atoms with Gasteiger partial charge in [-0.3, -0.25) is 9.59 Å². The van der Waals surface area contributed by atoms with E-state index in [1.807, 2.05) is 73.7 Å². The summed E-state index contributed by atoms with van der Waals surface area (Å²) < 4.78 is 11.5. The molecule has 1 aliphatic rings. The summed E-state index contributed by atoms with van der Waals surface area (Å²) >= 11 is 0. The standard InChI is InChI=1S/C28H30N2O5/c1-20(27(32)29-25(18-31)22-7-3-2-4-8-22)17-21-11-13-23(14-12-21)34-16-15-30-19-35-26-10-6-5-9-24(26)28(30)33/h2-14,20,25,31H,15-19H2,1H3,(H,29,32). The zero-order valence-corrected chi connectivity index (χ0v) is 19.7. The lowest BCUT2D eigenvalue weighted by Crippen LogP contribution is -2.40. The summed E-state index contributed by atoms with van der Waals surface area (Å²) in [7, 11) is 0. The van der Waals surface area contributed by atoms with Gasteiger partial charge in [0.25, 0.3) is 5.91 Å². The van der Waals surface area contributed by atoms with E-state index in [2.05, 4.69) is 5.32 Å². The number of fused-ring (bicyclic) bond motifs is 1. The minimum absolute atomic E-state index is 0.0613. The molecule has 7 heteroatoms. The van der Waals surface area contributed by atoms with Crippen molar-refractivity contribution in [3.63, 3.8) is 0 Å². The Bertz CT molecular complexity index is 1130. The van der Waals surface area contributed by atoms with Gasteiger partial charge in [0.2, 0.25) is 5.91 Å². The Balaban J connectivity index is 1.23. The molecule has 1 heterocycles. The molecule has 2 atom stereocenters. The first-order valence-electron chi connectivity index (χ1n) is 11.7. The van der Waals surface area contributed by atoms with Crippen molar-refractivity contribution in [3.8, 4) is 11.5 Å². The predicted molar refractivity (Wildman–Crippen MR) is 132 cm³/mol. The summed E-state index contributed by atoms with van der Waals surface area (Å²) in [6.45, 7) is 2.68. The largest absolute Gasteiger partial charge is 0.492 e. The highest BCUT2D eigenvalue weighted by molar-refractivity contribution is 5.97. The van der Waals surface area contributed by atoms with Gasteiger partial charge in [-0.05, 0) is 41.8 Å². The number of benzene rings is 3. The molecular formula is C28H30N2O5. The number of aliphatic hydroxyl groups is 1. The number of carbonyl (C=O) groups is 2. The molecule has 2 N–H and O–H groups in total. The number of para-hydroxylation sites is 1. The van der Waals surface area contributed by atoms with Crippen LogP contribution in [0.2, 0.25) is 0 Å². The maximum absolute atomic E-state index is 12.7. The van der Waals surface area contributed by atoms with Crippen LogP contribution in [0.25, 0.3) is 0 Å². The van der Waals surface area contributed by atoms with E-state index in [1.165, 1.54) is 0 Å². The van der Waals surface area contributed by atoms with Gasteiger partial charge >= 0.3 is 0 Å². The topological polar surface area (TPSA) is 88.1 Å². The lowest BCUT2D eigenvalue weighted by molar-refractivity contribution is -0.125. The molecular weight excluding hydrogens is 444 g/mol. The highest BCUT2D eigenvalue weighted by Gasteiger charge is 2.25. The summed E-state index contributed by atoms with van der Waals surface area (Å²) in [4.78, 5) is 26.9. The Morgan fingerprint density at radius 1 is 1.06 bits per heavy atom. The Morgan fingerprint density at radius 3 is 2.51 bits per heavy atom. The lowest BCUT2D eigenvalue weighted by atomic mass is 9.99. The van der Waals surface area contributed by atoms with Gasteiger partial charge in [-0.25, -0.2) is 0 Å². The van der Waals surface area contributed by atoms with Crippen molar-refractivity contribution >= 4 is 11.8 Å². The number of rotatable bonds is 10. The molecule has 1 aliphatic heterocycles. The van der Waals surface area contributed by atoms with Gasteiger partial charge in [0.15, 0.2) is 6.73 Å².